The largest absolute Gasteiger partial charge is 0.291 e. The quantitative estimate of drug-likeness (QED) is 0.608. The fraction of sp³-hybridized carbons (Fsp3) is 0.867. The highest BCUT2D eigenvalue weighted by Crippen LogP contribution is 2.64. The summed E-state index contributed by atoms with van der Waals surface area (Å²) in [7, 11) is 0. The monoisotopic (exact) mass is 221 g/mol. The highest BCUT2D eigenvalue weighted by atomic mass is 15.3. The molecule has 1 aliphatic heterocycles. The Morgan fingerprint density at radius 2 is 1.69 bits per heavy atom. The lowest BCUT2D eigenvalue weighted by atomic mass is 9.80. The molecule has 0 spiro atoms. The molecular weight excluding hydrogens is 194 g/mol. The number of piperidine rings is 1. The van der Waals surface area contributed by atoms with E-state index in [2.05, 4.69) is 59.1 Å². The first-order chi connectivity index (χ1) is 7.12. The van der Waals surface area contributed by atoms with Gasteiger partial charge in [0.25, 0.3) is 0 Å². The Balaban J connectivity index is 2.30. The molecule has 1 saturated carbocycles. The number of hydrogen-bond donors (Lipinski definition) is 0. The van der Waals surface area contributed by atoms with Crippen LogP contribution >= 0.6 is 0 Å². The van der Waals surface area contributed by atoms with E-state index in [4.69, 9.17) is 0 Å². The van der Waals surface area contributed by atoms with Gasteiger partial charge in [0.1, 0.15) is 0 Å². The van der Waals surface area contributed by atoms with Crippen LogP contribution in [-0.4, -0.2) is 22.5 Å². The van der Waals surface area contributed by atoms with Crippen molar-refractivity contribution in [1.82, 2.24) is 4.90 Å². The molecule has 0 N–H and O–H groups in total. The molecule has 2 fully saturated rings. The van der Waals surface area contributed by atoms with Crippen LogP contribution in [-0.2, 0) is 0 Å². The molecule has 0 radical (unpaired) electrons. The summed E-state index contributed by atoms with van der Waals surface area (Å²) in [6.45, 7) is 18.2. The number of fused-ring (bicyclic) bond motifs is 1. The second-order valence-electron chi connectivity index (χ2n) is 7.82. The van der Waals surface area contributed by atoms with E-state index >= 15 is 0 Å². The van der Waals surface area contributed by atoms with E-state index in [-0.39, 0.29) is 5.54 Å². The average Bonchev–Trinajstić information content (AvgIpc) is 2.68. The summed E-state index contributed by atoms with van der Waals surface area (Å²) in [6, 6.07) is 1.46. The molecule has 0 aromatic heterocycles. The second-order valence-corrected chi connectivity index (χ2v) is 7.82. The summed E-state index contributed by atoms with van der Waals surface area (Å²) in [6.07, 6.45) is 4.87. The third kappa shape index (κ3) is 1.64. The number of nitrogens with zero attached hydrogens (tertiary/aromatic N) is 1. The van der Waals surface area contributed by atoms with Crippen LogP contribution in [0.25, 0.3) is 0 Å². The first-order valence-electron chi connectivity index (χ1n) is 6.54. The molecule has 3 atom stereocenters. The van der Waals surface area contributed by atoms with Gasteiger partial charge in [-0.05, 0) is 39.0 Å². The van der Waals surface area contributed by atoms with Gasteiger partial charge in [-0.15, -0.1) is 6.58 Å². The van der Waals surface area contributed by atoms with E-state index in [0.717, 1.165) is 6.04 Å². The van der Waals surface area contributed by atoms with E-state index in [1.54, 1.807) is 0 Å². The van der Waals surface area contributed by atoms with E-state index in [0.29, 0.717) is 16.9 Å². The Morgan fingerprint density at radius 3 is 2.00 bits per heavy atom. The molecule has 16 heavy (non-hydrogen) atoms. The maximum Gasteiger partial charge on any atom is 0.0204 e. The van der Waals surface area contributed by atoms with Gasteiger partial charge in [-0.2, -0.15) is 0 Å². The normalized spacial score (nSPS) is 39.6. The van der Waals surface area contributed by atoms with Crippen molar-refractivity contribution in [2.45, 2.75) is 72.0 Å². The molecule has 2 aliphatic rings. The molecule has 2 unspecified atom stereocenters. The van der Waals surface area contributed by atoms with Gasteiger partial charge >= 0.3 is 0 Å². The van der Waals surface area contributed by atoms with Crippen LogP contribution in [0.5, 0.6) is 0 Å². The Bertz CT molecular complexity index is 304. The van der Waals surface area contributed by atoms with Crippen molar-refractivity contribution in [3.05, 3.63) is 12.7 Å². The summed E-state index contributed by atoms with van der Waals surface area (Å²) < 4.78 is 0. The lowest BCUT2D eigenvalue weighted by molar-refractivity contribution is 0.0362. The second kappa shape index (κ2) is 3.13. The minimum Gasteiger partial charge on any atom is -0.291 e. The van der Waals surface area contributed by atoms with Crippen molar-refractivity contribution in [3.8, 4) is 0 Å². The van der Waals surface area contributed by atoms with Crippen LogP contribution in [0.2, 0.25) is 0 Å². The third-order valence-electron chi connectivity index (χ3n) is 4.50. The molecule has 1 heteroatoms. The van der Waals surface area contributed by atoms with Crippen LogP contribution in [0.3, 0.4) is 0 Å². The summed E-state index contributed by atoms with van der Waals surface area (Å²) in [5.74, 6) is 0. The Morgan fingerprint density at radius 1 is 1.12 bits per heavy atom. The van der Waals surface area contributed by atoms with Gasteiger partial charge in [0.15, 0.2) is 0 Å². The van der Waals surface area contributed by atoms with Gasteiger partial charge in [0.05, 0.1) is 0 Å². The van der Waals surface area contributed by atoms with Crippen LogP contribution in [0.4, 0.5) is 0 Å². The van der Waals surface area contributed by atoms with Crippen LogP contribution in [0.15, 0.2) is 12.7 Å². The minimum absolute atomic E-state index is 0.282. The highest BCUT2D eigenvalue weighted by molar-refractivity contribution is 5.26. The molecule has 92 valence electrons. The predicted molar refractivity (Wildman–Crippen MR) is 70.5 cm³/mol. The molecule has 1 nitrogen and oxygen atoms in total. The summed E-state index contributed by atoms with van der Waals surface area (Å²) in [4.78, 5) is 2.76. The van der Waals surface area contributed by atoms with E-state index in [1.165, 1.54) is 12.8 Å². The molecule has 0 aromatic rings. The van der Waals surface area contributed by atoms with E-state index in [9.17, 15) is 0 Å². The molecule has 2 rings (SSSR count). The molecule has 0 bridgehead atoms. The SMILES string of the molecule is C=C[C@@]12CC(C(C)(C)C)N(C(C)(C)C)C1C2. The fourth-order valence-electron chi connectivity index (χ4n) is 3.53. The zero-order valence-corrected chi connectivity index (χ0v) is 11.8. The average molecular weight is 221 g/mol. The van der Waals surface area contributed by atoms with Gasteiger partial charge in [0.2, 0.25) is 0 Å². The standard InChI is InChI=1S/C15H27N/c1-8-15-9-11(13(2,3)4)16(12(15)10-15)14(5,6)7/h8,11-12H,1,9-10H2,2-7H3/t11?,12?,15-/m0/s1. The topological polar surface area (TPSA) is 3.24 Å². The molecule has 1 aliphatic carbocycles. The smallest absolute Gasteiger partial charge is 0.0204 e. The Labute approximate surface area is 101 Å². The molecular formula is C15H27N. The van der Waals surface area contributed by atoms with Crippen molar-refractivity contribution >= 4 is 0 Å². The van der Waals surface area contributed by atoms with Gasteiger partial charge < -0.3 is 0 Å². The van der Waals surface area contributed by atoms with Gasteiger partial charge in [-0.1, -0.05) is 26.8 Å². The minimum atomic E-state index is 0.282. The van der Waals surface area contributed by atoms with Gasteiger partial charge in [-0.3, -0.25) is 4.90 Å². The fourth-order valence-corrected chi connectivity index (χ4v) is 3.53. The summed E-state index contributed by atoms with van der Waals surface area (Å²) in [5.41, 5.74) is 1.10. The molecule has 1 heterocycles. The van der Waals surface area contributed by atoms with Gasteiger partial charge in [0, 0.05) is 23.0 Å². The maximum atomic E-state index is 4.06. The van der Waals surface area contributed by atoms with Crippen LogP contribution < -0.4 is 0 Å². The lowest BCUT2D eigenvalue weighted by Gasteiger charge is -2.45. The van der Waals surface area contributed by atoms with Crippen molar-refractivity contribution < 1.29 is 0 Å². The van der Waals surface area contributed by atoms with Crippen molar-refractivity contribution in [3.63, 3.8) is 0 Å². The predicted octanol–water partition coefficient (Wildman–Crippen LogP) is 3.85. The zero-order chi connectivity index (χ0) is 12.4. The zero-order valence-electron chi connectivity index (χ0n) is 11.8. The Hall–Kier alpha value is -0.300. The maximum absolute atomic E-state index is 4.06. The van der Waals surface area contributed by atoms with E-state index < -0.39 is 0 Å². The summed E-state index contributed by atoms with van der Waals surface area (Å²) in [5, 5.41) is 0. The molecule has 1 saturated heterocycles. The number of hydrogen-bond acceptors (Lipinski definition) is 1. The first-order valence-corrected chi connectivity index (χ1v) is 6.54. The van der Waals surface area contributed by atoms with E-state index in [1.807, 2.05) is 0 Å². The highest BCUT2D eigenvalue weighted by Gasteiger charge is 2.66. The van der Waals surface area contributed by atoms with Crippen LogP contribution in [0, 0.1) is 10.8 Å². The molecule has 0 aromatic carbocycles. The van der Waals surface area contributed by atoms with Gasteiger partial charge in [-0.25, -0.2) is 0 Å². The van der Waals surface area contributed by atoms with Crippen LogP contribution in [0.1, 0.15) is 54.4 Å². The number of rotatable bonds is 1. The Kier molecular flexibility index (Phi) is 2.38. The molecule has 0 amide bonds. The van der Waals surface area contributed by atoms with Crippen molar-refractivity contribution in [2.75, 3.05) is 0 Å². The van der Waals surface area contributed by atoms with Crippen molar-refractivity contribution in [1.29, 1.82) is 0 Å². The first kappa shape index (κ1) is 12.2. The van der Waals surface area contributed by atoms with Crippen molar-refractivity contribution in [2.24, 2.45) is 10.8 Å². The summed E-state index contributed by atoms with van der Waals surface area (Å²) >= 11 is 0. The number of likely N-dealkylation sites (tertiary alicyclic amines) is 1. The third-order valence-corrected chi connectivity index (χ3v) is 4.50. The lowest BCUT2D eigenvalue weighted by Crippen LogP contribution is -2.51.